The van der Waals surface area contributed by atoms with Gasteiger partial charge in [0.15, 0.2) is 0 Å². The fourth-order valence-electron chi connectivity index (χ4n) is 0.986. The number of amides is 1. The van der Waals surface area contributed by atoms with Crippen LogP contribution in [-0.4, -0.2) is 22.2 Å². The first-order valence-corrected chi connectivity index (χ1v) is 6.23. The van der Waals surface area contributed by atoms with Crippen molar-refractivity contribution in [2.24, 2.45) is 5.92 Å². The zero-order chi connectivity index (χ0) is 11.4. The van der Waals surface area contributed by atoms with Gasteiger partial charge >= 0.3 is 0 Å². The molecule has 1 aromatic heterocycles. The van der Waals surface area contributed by atoms with E-state index in [0.29, 0.717) is 17.1 Å². The predicted molar refractivity (Wildman–Crippen MR) is 65.5 cm³/mol. The summed E-state index contributed by atoms with van der Waals surface area (Å²) < 4.78 is 3.10. The van der Waals surface area contributed by atoms with Gasteiger partial charge in [0.2, 0.25) is 5.91 Å². The lowest BCUT2D eigenvalue weighted by Crippen LogP contribution is -2.31. The third-order valence-electron chi connectivity index (χ3n) is 1.70. The van der Waals surface area contributed by atoms with Crippen LogP contribution in [0.5, 0.6) is 0 Å². The minimum atomic E-state index is -0.0278. The number of hydrogen-bond acceptors (Lipinski definition) is 2. The van der Waals surface area contributed by atoms with Crippen LogP contribution >= 0.6 is 31.9 Å². The molecule has 0 aliphatic heterocycles. The lowest BCUT2D eigenvalue weighted by atomic mass is 10.2. The Kier molecular flexibility index (Phi) is 4.79. The van der Waals surface area contributed by atoms with E-state index in [2.05, 4.69) is 56.1 Å². The number of carbonyl (C=O) groups excluding carboxylic acids is 1. The third-order valence-corrected chi connectivity index (χ3v) is 2.73. The Bertz CT molecular complexity index is 349. The van der Waals surface area contributed by atoms with Gasteiger partial charge in [-0.25, -0.2) is 4.68 Å². The van der Waals surface area contributed by atoms with Gasteiger partial charge < -0.3 is 5.32 Å². The summed E-state index contributed by atoms with van der Waals surface area (Å²) >= 11 is 6.56. The molecule has 15 heavy (non-hydrogen) atoms. The molecule has 0 bridgehead atoms. The standard InChI is InChI=1S/C9H13Br2N3O/c1-6(2)4-12-9(15)5-14-8(11)3-7(10)13-14/h3,6H,4-5H2,1-2H3,(H,12,15). The van der Waals surface area contributed by atoms with Gasteiger partial charge in [-0.05, 0) is 37.8 Å². The summed E-state index contributed by atoms with van der Waals surface area (Å²) in [6.45, 7) is 5.04. The normalized spacial score (nSPS) is 10.7. The molecule has 0 radical (unpaired) electrons. The summed E-state index contributed by atoms with van der Waals surface area (Å²) in [6, 6.07) is 1.80. The van der Waals surface area contributed by atoms with Crippen LogP contribution in [0.25, 0.3) is 0 Å². The topological polar surface area (TPSA) is 46.9 Å². The number of nitrogens with one attached hydrogen (secondary N) is 1. The van der Waals surface area contributed by atoms with E-state index < -0.39 is 0 Å². The first kappa shape index (κ1) is 12.7. The molecule has 0 aliphatic rings. The van der Waals surface area contributed by atoms with E-state index in [1.165, 1.54) is 0 Å². The van der Waals surface area contributed by atoms with Crippen molar-refractivity contribution in [3.05, 3.63) is 15.3 Å². The molecule has 84 valence electrons. The number of halogens is 2. The molecule has 4 nitrogen and oxygen atoms in total. The molecule has 0 saturated heterocycles. The number of rotatable bonds is 4. The summed E-state index contributed by atoms with van der Waals surface area (Å²) in [4.78, 5) is 11.5. The van der Waals surface area contributed by atoms with Crippen molar-refractivity contribution in [2.75, 3.05) is 6.54 Å². The molecule has 1 amide bonds. The quantitative estimate of drug-likeness (QED) is 0.914. The molecule has 1 aromatic rings. The summed E-state index contributed by atoms with van der Waals surface area (Å²) in [7, 11) is 0. The highest BCUT2D eigenvalue weighted by Gasteiger charge is 2.08. The molecule has 0 aromatic carbocycles. The lowest BCUT2D eigenvalue weighted by Gasteiger charge is -2.07. The lowest BCUT2D eigenvalue weighted by molar-refractivity contribution is -0.122. The fraction of sp³-hybridized carbons (Fsp3) is 0.556. The van der Waals surface area contributed by atoms with Crippen LogP contribution in [0.15, 0.2) is 15.3 Å². The van der Waals surface area contributed by atoms with Crippen molar-refractivity contribution in [1.29, 1.82) is 0 Å². The van der Waals surface area contributed by atoms with Crippen molar-refractivity contribution in [3.8, 4) is 0 Å². The molecule has 6 heteroatoms. The Morgan fingerprint density at radius 2 is 2.27 bits per heavy atom. The molecule has 0 atom stereocenters. The second-order valence-corrected chi connectivity index (χ2v) is 5.27. The number of carbonyl (C=O) groups is 1. The molecule has 0 fully saturated rings. The summed E-state index contributed by atoms with van der Waals surface area (Å²) in [5.74, 6) is 0.432. The molecule has 1 N–H and O–H groups in total. The Morgan fingerprint density at radius 3 is 2.73 bits per heavy atom. The molecule has 0 spiro atoms. The van der Waals surface area contributed by atoms with E-state index in [0.717, 1.165) is 4.60 Å². The van der Waals surface area contributed by atoms with Gasteiger partial charge in [-0.1, -0.05) is 13.8 Å². The number of aromatic nitrogens is 2. The predicted octanol–water partition coefficient (Wildman–Crippen LogP) is 2.18. The minimum Gasteiger partial charge on any atom is -0.354 e. The third kappa shape index (κ3) is 4.34. The van der Waals surface area contributed by atoms with Crippen LogP contribution in [0, 0.1) is 5.92 Å². The van der Waals surface area contributed by atoms with Gasteiger partial charge in [-0.15, -0.1) is 0 Å². The van der Waals surface area contributed by atoms with Crippen LogP contribution < -0.4 is 5.32 Å². The van der Waals surface area contributed by atoms with Crippen molar-refractivity contribution in [1.82, 2.24) is 15.1 Å². The second-order valence-electron chi connectivity index (χ2n) is 3.65. The van der Waals surface area contributed by atoms with E-state index in [4.69, 9.17) is 0 Å². The van der Waals surface area contributed by atoms with E-state index in [1.807, 2.05) is 0 Å². The minimum absolute atomic E-state index is 0.0278. The van der Waals surface area contributed by atoms with Crippen molar-refractivity contribution in [2.45, 2.75) is 20.4 Å². The van der Waals surface area contributed by atoms with Crippen molar-refractivity contribution < 1.29 is 4.79 Å². The average Bonchev–Trinajstić information content (AvgIpc) is 2.42. The van der Waals surface area contributed by atoms with Crippen LogP contribution in [0.2, 0.25) is 0 Å². The van der Waals surface area contributed by atoms with Gasteiger partial charge in [0.05, 0.1) is 0 Å². The average molecular weight is 339 g/mol. The van der Waals surface area contributed by atoms with Gasteiger partial charge in [0.1, 0.15) is 15.8 Å². The smallest absolute Gasteiger partial charge is 0.241 e. The number of nitrogens with zero attached hydrogens (tertiary/aromatic N) is 2. The molecular formula is C9H13Br2N3O. The van der Waals surface area contributed by atoms with E-state index in [-0.39, 0.29) is 12.5 Å². The maximum atomic E-state index is 11.5. The molecule has 1 heterocycles. The summed E-state index contributed by atoms with van der Waals surface area (Å²) in [5.41, 5.74) is 0. The number of hydrogen-bond donors (Lipinski definition) is 1. The zero-order valence-electron chi connectivity index (χ0n) is 8.63. The molecule has 1 rings (SSSR count). The highest BCUT2D eigenvalue weighted by atomic mass is 79.9. The molecule has 0 unspecified atom stereocenters. The molecule has 0 saturated carbocycles. The second kappa shape index (κ2) is 5.65. The molecule has 0 aliphatic carbocycles. The molecular weight excluding hydrogens is 326 g/mol. The first-order chi connectivity index (χ1) is 6.99. The van der Waals surface area contributed by atoms with Gasteiger partial charge in [0, 0.05) is 12.6 Å². The van der Waals surface area contributed by atoms with Crippen LogP contribution in [0.4, 0.5) is 0 Å². The van der Waals surface area contributed by atoms with Crippen molar-refractivity contribution >= 4 is 37.8 Å². The summed E-state index contributed by atoms with van der Waals surface area (Å²) in [5, 5.41) is 6.93. The van der Waals surface area contributed by atoms with E-state index >= 15 is 0 Å². The fourth-order valence-corrected chi connectivity index (χ4v) is 2.12. The largest absolute Gasteiger partial charge is 0.354 e. The first-order valence-electron chi connectivity index (χ1n) is 4.64. The Morgan fingerprint density at radius 1 is 1.60 bits per heavy atom. The Labute approximate surface area is 106 Å². The van der Waals surface area contributed by atoms with Gasteiger partial charge in [0.25, 0.3) is 0 Å². The Hall–Kier alpha value is -0.360. The Balaban J connectivity index is 2.48. The highest BCUT2D eigenvalue weighted by Crippen LogP contribution is 2.15. The highest BCUT2D eigenvalue weighted by molar-refractivity contribution is 9.11. The van der Waals surface area contributed by atoms with Crippen LogP contribution in [-0.2, 0) is 11.3 Å². The SMILES string of the molecule is CC(C)CNC(=O)Cn1nc(Br)cc1Br. The maximum Gasteiger partial charge on any atom is 0.241 e. The van der Waals surface area contributed by atoms with E-state index in [1.54, 1.807) is 10.7 Å². The van der Waals surface area contributed by atoms with E-state index in [9.17, 15) is 4.79 Å². The van der Waals surface area contributed by atoms with Crippen molar-refractivity contribution in [3.63, 3.8) is 0 Å². The summed E-state index contributed by atoms with van der Waals surface area (Å²) in [6.07, 6.45) is 0. The van der Waals surface area contributed by atoms with Gasteiger partial charge in [-0.2, -0.15) is 5.10 Å². The van der Waals surface area contributed by atoms with Crippen LogP contribution in [0.3, 0.4) is 0 Å². The van der Waals surface area contributed by atoms with Crippen LogP contribution in [0.1, 0.15) is 13.8 Å². The monoisotopic (exact) mass is 337 g/mol. The zero-order valence-corrected chi connectivity index (χ0v) is 11.8. The maximum absolute atomic E-state index is 11.5. The van der Waals surface area contributed by atoms with Gasteiger partial charge in [-0.3, -0.25) is 4.79 Å².